The van der Waals surface area contributed by atoms with Crippen molar-refractivity contribution in [3.05, 3.63) is 65.2 Å². The highest BCUT2D eigenvalue weighted by Gasteiger charge is 2.13. The summed E-state index contributed by atoms with van der Waals surface area (Å²) in [4.78, 5) is 10.7. The summed E-state index contributed by atoms with van der Waals surface area (Å²) in [6.45, 7) is 5.34. The van der Waals surface area contributed by atoms with Crippen molar-refractivity contribution in [3.63, 3.8) is 0 Å². The minimum absolute atomic E-state index is 0.280. The predicted molar refractivity (Wildman–Crippen MR) is 104 cm³/mol. The number of halogens is 1. The van der Waals surface area contributed by atoms with Crippen molar-refractivity contribution in [2.24, 2.45) is 4.99 Å². The lowest BCUT2D eigenvalue weighted by Crippen LogP contribution is -2.38. The first-order chi connectivity index (χ1) is 13.3. The maximum Gasteiger partial charge on any atom is 0.191 e. The monoisotopic (exact) mass is 371 g/mol. The van der Waals surface area contributed by atoms with Gasteiger partial charge in [0.15, 0.2) is 5.96 Å². The molecule has 1 aromatic carbocycles. The molecule has 144 valence electrons. The third-order valence-corrected chi connectivity index (χ3v) is 4.54. The molecule has 1 saturated heterocycles. The van der Waals surface area contributed by atoms with Crippen LogP contribution < -0.4 is 10.6 Å². The largest absolute Gasteiger partial charge is 0.379 e. The number of morpholine rings is 1. The van der Waals surface area contributed by atoms with Crippen LogP contribution in [-0.4, -0.2) is 49.2 Å². The van der Waals surface area contributed by atoms with E-state index in [1.807, 2.05) is 6.07 Å². The Bertz CT molecular complexity index is 762. The fourth-order valence-electron chi connectivity index (χ4n) is 3.00. The minimum Gasteiger partial charge on any atom is -0.379 e. The number of rotatable bonds is 6. The Hall–Kier alpha value is -2.51. The lowest BCUT2D eigenvalue weighted by atomic mass is 10.1. The first kappa shape index (κ1) is 19.3. The van der Waals surface area contributed by atoms with E-state index in [0.29, 0.717) is 18.2 Å². The number of benzene rings is 1. The number of ether oxygens (including phenoxy) is 1. The van der Waals surface area contributed by atoms with Crippen LogP contribution in [0.2, 0.25) is 0 Å². The number of hydrogen-bond acceptors (Lipinski definition) is 4. The molecule has 0 aliphatic carbocycles. The molecule has 0 unspecified atom stereocenters. The van der Waals surface area contributed by atoms with Crippen LogP contribution in [0.4, 0.5) is 4.39 Å². The molecule has 2 N–H and O–H groups in total. The first-order valence-electron chi connectivity index (χ1n) is 9.17. The number of pyridine rings is 1. The number of aliphatic imine (C=N–C) groups is 1. The van der Waals surface area contributed by atoms with Crippen molar-refractivity contribution >= 4 is 5.96 Å². The summed E-state index contributed by atoms with van der Waals surface area (Å²) in [5, 5.41) is 6.41. The SMILES string of the molecule is CN=C(NCc1ccccc1CN1CCOCC1)NCc1ncccc1F. The summed E-state index contributed by atoms with van der Waals surface area (Å²) in [6, 6.07) is 11.4. The predicted octanol–water partition coefficient (Wildman–Crippen LogP) is 1.92. The Labute approximate surface area is 159 Å². The van der Waals surface area contributed by atoms with E-state index in [9.17, 15) is 4.39 Å². The van der Waals surface area contributed by atoms with Gasteiger partial charge in [0.1, 0.15) is 5.82 Å². The maximum atomic E-state index is 13.7. The molecule has 27 heavy (non-hydrogen) atoms. The Morgan fingerprint density at radius 2 is 1.85 bits per heavy atom. The van der Waals surface area contributed by atoms with Crippen molar-refractivity contribution in [1.29, 1.82) is 0 Å². The van der Waals surface area contributed by atoms with E-state index in [0.717, 1.165) is 32.8 Å². The molecule has 1 aromatic heterocycles. The van der Waals surface area contributed by atoms with Gasteiger partial charge in [0.25, 0.3) is 0 Å². The second-order valence-corrected chi connectivity index (χ2v) is 6.37. The van der Waals surface area contributed by atoms with Crippen molar-refractivity contribution in [2.45, 2.75) is 19.6 Å². The molecule has 2 heterocycles. The number of nitrogens with one attached hydrogen (secondary N) is 2. The van der Waals surface area contributed by atoms with E-state index in [-0.39, 0.29) is 12.4 Å². The lowest BCUT2D eigenvalue weighted by molar-refractivity contribution is 0.0341. The molecule has 0 bridgehead atoms. The minimum atomic E-state index is -0.323. The Kier molecular flexibility index (Phi) is 7.12. The van der Waals surface area contributed by atoms with Crippen LogP contribution in [0, 0.1) is 5.82 Å². The maximum absolute atomic E-state index is 13.7. The second-order valence-electron chi connectivity index (χ2n) is 6.37. The van der Waals surface area contributed by atoms with Crippen LogP contribution in [0.25, 0.3) is 0 Å². The van der Waals surface area contributed by atoms with E-state index in [1.54, 1.807) is 19.3 Å². The summed E-state index contributed by atoms with van der Waals surface area (Å²) >= 11 is 0. The molecule has 6 nitrogen and oxygen atoms in total. The zero-order valence-electron chi connectivity index (χ0n) is 15.6. The molecule has 0 spiro atoms. The number of nitrogens with zero attached hydrogens (tertiary/aromatic N) is 3. The zero-order valence-corrected chi connectivity index (χ0v) is 15.6. The van der Waals surface area contributed by atoms with Crippen LogP contribution >= 0.6 is 0 Å². The van der Waals surface area contributed by atoms with E-state index in [1.165, 1.54) is 17.2 Å². The normalized spacial score (nSPS) is 15.6. The van der Waals surface area contributed by atoms with Gasteiger partial charge in [-0.25, -0.2) is 4.39 Å². The molecule has 0 radical (unpaired) electrons. The molecule has 3 rings (SSSR count). The van der Waals surface area contributed by atoms with Crippen LogP contribution in [0.3, 0.4) is 0 Å². The number of hydrogen-bond donors (Lipinski definition) is 2. The van der Waals surface area contributed by atoms with E-state index < -0.39 is 0 Å². The Balaban J connectivity index is 1.55. The van der Waals surface area contributed by atoms with Crippen LogP contribution in [0.1, 0.15) is 16.8 Å². The van der Waals surface area contributed by atoms with E-state index in [2.05, 4.69) is 43.7 Å². The molecule has 7 heteroatoms. The van der Waals surface area contributed by atoms with Crippen LogP contribution in [0.15, 0.2) is 47.6 Å². The van der Waals surface area contributed by atoms with E-state index in [4.69, 9.17) is 4.74 Å². The second kappa shape index (κ2) is 9.99. The van der Waals surface area contributed by atoms with E-state index >= 15 is 0 Å². The quantitative estimate of drug-likeness (QED) is 0.600. The highest BCUT2D eigenvalue weighted by molar-refractivity contribution is 5.79. The molecule has 0 saturated carbocycles. The smallest absolute Gasteiger partial charge is 0.191 e. The fraction of sp³-hybridized carbons (Fsp3) is 0.400. The molecule has 1 aliphatic heterocycles. The summed E-state index contributed by atoms with van der Waals surface area (Å²) in [6.07, 6.45) is 1.58. The molecular formula is C20H26FN5O. The molecule has 1 aliphatic rings. The fourth-order valence-corrected chi connectivity index (χ4v) is 3.00. The summed E-state index contributed by atoms with van der Waals surface area (Å²) < 4.78 is 19.1. The van der Waals surface area contributed by atoms with Crippen molar-refractivity contribution in [3.8, 4) is 0 Å². The number of guanidine groups is 1. The molecule has 1 fully saturated rings. The molecule has 0 atom stereocenters. The van der Waals surface area contributed by atoms with Gasteiger partial charge in [0.05, 0.1) is 25.5 Å². The average molecular weight is 371 g/mol. The van der Waals surface area contributed by atoms with Crippen LogP contribution in [-0.2, 0) is 24.4 Å². The van der Waals surface area contributed by atoms with Gasteiger partial charge in [-0.3, -0.25) is 14.9 Å². The van der Waals surface area contributed by atoms with Crippen molar-refractivity contribution in [2.75, 3.05) is 33.4 Å². The summed E-state index contributed by atoms with van der Waals surface area (Å²) in [5.41, 5.74) is 2.88. The first-order valence-corrected chi connectivity index (χ1v) is 9.17. The number of aromatic nitrogens is 1. The van der Waals surface area contributed by atoms with Gasteiger partial charge in [-0.1, -0.05) is 24.3 Å². The van der Waals surface area contributed by atoms with Crippen LogP contribution in [0.5, 0.6) is 0 Å². The highest BCUT2D eigenvalue weighted by atomic mass is 19.1. The summed E-state index contributed by atoms with van der Waals surface area (Å²) in [5.74, 6) is 0.289. The highest BCUT2D eigenvalue weighted by Crippen LogP contribution is 2.13. The average Bonchev–Trinajstić information content (AvgIpc) is 2.71. The third kappa shape index (κ3) is 5.74. The molecule has 2 aromatic rings. The van der Waals surface area contributed by atoms with Gasteiger partial charge >= 0.3 is 0 Å². The molecule has 0 amide bonds. The Morgan fingerprint density at radius 1 is 1.11 bits per heavy atom. The zero-order chi connectivity index (χ0) is 18.9. The van der Waals surface area contributed by atoms with Crippen molar-refractivity contribution < 1.29 is 9.13 Å². The van der Waals surface area contributed by atoms with Gasteiger partial charge < -0.3 is 15.4 Å². The lowest BCUT2D eigenvalue weighted by Gasteiger charge is -2.27. The standard InChI is InChI=1S/C20H26FN5O/c1-22-20(25-14-19-18(21)7-4-8-23-19)24-13-16-5-2-3-6-17(16)15-26-9-11-27-12-10-26/h2-8H,9-15H2,1H3,(H2,22,24,25). The van der Waals surface area contributed by atoms with Gasteiger partial charge in [0.2, 0.25) is 0 Å². The van der Waals surface area contributed by atoms with Gasteiger partial charge in [-0.05, 0) is 23.3 Å². The third-order valence-electron chi connectivity index (χ3n) is 4.54. The van der Waals surface area contributed by atoms with Gasteiger partial charge in [0, 0.05) is 39.4 Å². The van der Waals surface area contributed by atoms with Crippen molar-refractivity contribution in [1.82, 2.24) is 20.5 Å². The summed E-state index contributed by atoms with van der Waals surface area (Å²) in [7, 11) is 1.70. The van der Waals surface area contributed by atoms with Gasteiger partial charge in [-0.15, -0.1) is 0 Å². The molecular weight excluding hydrogens is 345 g/mol. The van der Waals surface area contributed by atoms with Gasteiger partial charge in [-0.2, -0.15) is 0 Å². The topological polar surface area (TPSA) is 61.8 Å². The Morgan fingerprint density at radius 3 is 2.59 bits per heavy atom.